The number of carbonyl (C=O) groups excluding carboxylic acids is 1. The number of amides is 1. The van der Waals surface area contributed by atoms with Crippen LogP contribution < -0.4 is 11.2 Å². The SMILES string of the molecule is O=C(c1nn(-c2ccc(C(F)(F)F)cc2)c(=O)n(Cc2cccc(F)c2)c1=O)N1CCCC1. The van der Waals surface area contributed by atoms with Crippen LogP contribution in [0.5, 0.6) is 0 Å². The van der Waals surface area contributed by atoms with Gasteiger partial charge >= 0.3 is 11.9 Å². The van der Waals surface area contributed by atoms with Crippen molar-refractivity contribution in [2.75, 3.05) is 13.1 Å². The molecule has 0 aliphatic carbocycles. The summed E-state index contributed by atoms with van der Waals surface area (Å²) in [5.74, 6) is -1.25. The lowest BCUT2D eigenvalue weighted by Gasteiger charge is -2.17. The first kappa shape index (κ1) is 22.4. The third kappa shape index (κ3) is 4.57. The first-order chi connectivity index (χ1) is 15.6. The van der Waals surface area contributed by atoms with Crippen LogP contribution in [-0.2, 0) is 12.7 Å². The van der Waals surface area contributed by atoms with Crippen LogP contribution in [0.2, 0.25) is 0 Å². The van der Waals surface area contributed by atoms with Gasteiger partial charge in [-0.1, -0.05) is 12.1 Å². The highest BCUT2D eigenvalue weighted by atomic mass is 19.4. The van der Waals surface area contributed by atoms with E-state index in [1.54, 1.807) is 0 Å². The predicted molar refractivity (Wildman–Crippen MR) is 110 cm³/mol. The minimum Gasteiger partial charge on any atom is -0.337 e. The van der Waals surface area contributed by atoms with Crippen LogP contribution in [0.1, 0.15) is 34.5 Å². The van der Waals surface area contributed by atoms with Gasteiger partial charge < -0.3 is 4.90 Å². The molecule has 1 aliphatic heterocycles. The van der Waals surface area contributed by atoms with E-state index in [1.807, 2.05) is 0 Å². The van der Waals surface area contributed by atoms with Crippen LogP contribution in [0, 0.1) is 5.82 Å². The summed E-state index contributed by atoms with van der Waals surface area (Å²) >= 11 is 0. The molecule has 0 spiro atoms. The Balaban J connectivity index is 1.86. The lowest BCUT2D eigenvalue weighted by atomic mass is 10.2. The zero-order valence-electron chi connectivity index (χ0n) is 17.2. The van der Waals surface area contributed by atoms with Gasteiger partial charge in [-0.05, 0) is 54.8 Å². The lowest BCUT2D eigenvalue weighted by molar-refractivity contribution is -0.137. The van der Waals surface area contributed by atoms with E-state index in [-0.39, 0.29) is 12.2 Å². The molecule has 1 aliphatic rings. The molecule has 2 aromatic carbocycles. The van der Waals surface area contributed by atoms with Crippen molar-refractivity contribution in [3.05, 3.63) is 92.0 Å². The fourth-order valence-electron chi connectivity index (χ4n) is 3.64. The average Bonchev–Trinajstić information content (AvgIpc) is 3.31. The molecule has 0 atom stereocenters. The van der Waals surface area contributed by atoms with Gasteiger partial charge in [0.05, 0.1) is 17.8 Å². The van der Waals surface area contributed by atoms with E-state index in [0.29, 0.717) is 23.3 Å². The Kier molecular flexibility index (Phi) is 5.88. The predicted octanol–water partition coefficient (Wildman–Crippen LogP) is 2.84. The van der Waals surface area contributed by atoms with Crippen molar-refractivity contribution in [3.8, 4) is 5.69 Å². The topological polar surface area (TPSA) is 77.2 Å². The maximum atomic E-state index is 13.6. The molecule has 1 saturated heterocycles. The van der Waals surface area contributed by atoms with Crippen LogP contribution in [0.25, 0.3) is 5.69 Å². The first-order valence-electron chi connectivity index (χ1n) is 10.1. The quantitative estimate of drug-likeness (QED) is 0.559. The summed E-state index contributed by atoms with van der Waals surface area (Å²) in [4.78, 5) is 40.5. The largest absolute Gasteiger partial charge is 0.416 e. The van der Waals surface area contributed by atoms with Gasteiger partial charge in [-0.25, -0.2) is 9.18 Å². The van der Waals surface area contributed by atoms with Crippen LogP contribution in [0.15, 0.2) is 58.1 Å². The van der Waals surface area contributed by atoms with Gasteiger partial charge in [-0.2, -0.15) is 23.0 Å². The third-order valence-corrected chi connectivity index (χ3v) is 5.32. The number of benzene rings is 2. The number of likely N-dealkylation sites (tertiary alicyclic amines) is 1. The molecule has 3 aromatic rings. The third-order valence-electron chi connectivity index (χ3n) is 5.32. The van der Waals surface area contributed by atoms with Crippen molar-refractivity contribution in [2.45, 2.75) is 25.6 Å². The second kappa shape index (κ2) is 8.64. The molecule has 0 radical (unpaired) electrons. The van der Waals surface area contributed by atoms with E-state index in [4.69, 9.17) is 0 Å². The fourth-order valence-corrected chi connectivity index (χ4v) is 3.64. The van der Waals surface area contributed by atoms with Crippen LogP contribution in [0.3, 0.4) is 0 Å². The van der Waals surface area contributed by atoms with Crippen molar-refractivity contribution in [3.63, 3.8) is 0 Å². The van der Waals surface area contributed by atoms with Gasteiger partial charge in [0.15, 0.2) is 0 Å². The van der Waals surface area contributed by atoms with Gasteiger partial charge in [-0.3, -0.25) is 14.2 Å². The smallest absolute Gasteiger partial charge is 0.337 e. The molecule has 33 heavy (non-hydrogen) atoms. The number of alkyl halides is 3. The summed E-state index contributed by atoms with van der Waals surface area (Å²) < 4.78 is 53.8. The molecule has 0 bridgehead atoms. The number of aromatic nitrogens is 3. The normalized spacial score (nSPS) is 14.0. The molecule has 4 rings (SSSR count). The number of halogens is 4. The van der Waals surface area contributed by atoms with E-state index in [1.165, 1.54) is 23.1 Å². The molecular formula is C22H18F4N4O3. The molecule has 172 valence electrons. The van der Waals surface area contributed by atoms with Crippen molar-refractivity contribution < 1.29 is 22.4 Å². The van der Waals surface area contributed by atoms with Gasteiger partial charge in [-0.15, -0.1) is 0 Å². The second-order valence-corrected chi connectivity index (χ2v) is 7.61. The molecule has 1 fully saturated rings. The summed E-state index contributed by atoms with van der Waals surface area (Å²) in [6, 6.07) is 8.83. The Morgan fingerprint density at radius 1 is 1.00 bits per heavy atom. The van der Waals surface area contributed by atoms with Crippen molar-refractivity contribution in [1.82, 2.24) is 19.2 Å². The molecule has 7 nitrogen and oxygen atoms in total. The number of hydrogen-bond donors (Lipinski definition) is 0. The number of rotatable bonds is 4. The summed E-state index contributed by atoms with van der Waals surface area (Å²) in [6.45, 7) is 0.491. The molecule has 1 aromatic heterocycles. The monoisotopic (exact) mass is 462 g/mol. The Labute approximate surface area is 184 Å². The minimum atomic E-state index is -4.58. The summed E-state index contributed by atoms with van der Waals surface area (Å²) in [5.41, 5.74) is -3.16. The number of hydrogen-bond acceptors (Lipinski definition) is 4. The number of nitrogens with zero attached hydrogens (tertiary/aromatic N) is 4. The average molecular weight is 462 g/mol. The van der Waals surface area contributed by atoms with E-state index in [9.17, 15) is 31.9 Å². The van der Waals surface area contributed by atoms with Gasteiger partial charge in [0.25, 0.3) is 11.5 Å². The van der Waals surface area contributed by atoms with Crippen LogP contribution >= 0.6 is 0 Å². The Bertz CT molecular complexity index is 1310. The van der Waals surface area contributed by atoms with E-state index in [0.717, 1.165) is 47.7 Å². The Morgan fingerprint density at radius 3 is 2.27 bits per heavy atom. The zero-order chi connectivity index (χ0) is 23.8. The lowest BCUT2D eigenvalue weighted by Crippen LogP contribution is -2.46. The Morgan fingerprint density at radius 2 is 1.67 bits per heavy atom. The van der Waals surface area contributed by atoms with Crippen molar-refractivity contribution in [1.29, 1.82) is 0 Å². The van der Waals surface area contributed by atoms with Crippen molar-refractivity contribution in [2.24, 2.45) is 0 Å². The highest BCUT2D eigenvalue weighted by molar-refractivity contribution is 5.92. The van der Waals surface area contributed by atoms with E-state index < -0.39 is 40.4 Å². The van der Waals surface area contributed by atoms with Crippen LogP contribution in [-0.4, -0.2) is 38.2 Å². The highest BCUT2D eigenvalue weighted by Gasteiger charge is 2.31. The minimum absolute atomic E-state index is 0.0588. The zero-order valence-corrected chi connectivity index (χ0v) is 17.2. The maximum Gasteiger partial charge on any atom is 0.416 e. The molecule has 0 unspecified atom stereocenters. The van der Waals surface area contributed by atoms with Crippen LogP contribution in [0.4, 0.5) is 17.6 Å². The number of carbonyl (C=O) groups is 1. The molecule has 0 saturated carbocycles. The highest BCUT2D eigenvalue weighted by Crippen LogP contribution is 2.29. The second-order valence-electron chi connectivity index (χ2n) is 7.61. The van der Waals surface area contributed by atoms with Gasteiger partial charge in [0.2, 0.25) is 5.69 Å². The molecule has 11 heteroatoms. The van der Waals surface area contributed by atoms with E-state index >= 15 is 0 Å². The standard InChI is InChI=1S/C22H18F4N4O3/c23-16-5-3-4-14(12-16)13-29-20(32)18(19(31)28-10-1-2-11-28)27-30(21(29)33)17-8-6-15(7-9-17)22(24,25)26/h3-9,12H,1-2,10-11,13H2. The maximum absolute atomic E-state index is 13.6. The van der Waals surface area contributed by atoms with Crippen molar-refractivity contribution >= 4 is 5.91 Å². The molecule has 2 heterocycles. The fraction of sp³-hybridized carbons (Fsp3) is 0.273. The Hall–Kier alpha value is -3.76. The van der Waals surface area contributed by atoms with Gasteiger partial charge in [0, 0.05) is 13.1 Å². The molecular weight excluding hydrogens is 444 g/mol. The summed E-state index contributed by atoms with van der Waals surface area (Å²) in [5, 5.41) is 3.92. The van der Waals surface area contributed by atoms with E-state index in [2.05, 4.69) is 5.10 Å². The summed E-state index contributed by atoms with van der Waals surface area (Å²) in [7, 11) is 0. The van der Waals surface area contributed by atoms with Gasteiger partial charge in [0.1, 0.15) is 5.82 Å². The molecule has 1 amide bonds. The first-order valence-corrected chi connectivity index (χ1v) is 10.1. The summed E-state index contributed by atoms with van der Waals surface area (Å²) in [6.07, 6.45) is -3.08. The molecule has 0 N–H and O–H groups in total.